The maximum absolute atomic E-state index is 13.2. The van der Waals surface area contributed by atoms with Crippen molar-refractivity contribution in [3.8, 4) is 0 Å². The van der Waals surface area contributed by atoms with Crippen LogP contribution in [-0.2, 0) is 4.79 Å². The average Bonchev–Trinajstić information content (AvgIpc) is 2.71. The predicted octanol–water partition coefficient (Wildman–Crippen LogP) is 5.25. The molecule has 29 heavy (non-hydrogen) atoms. The Kier molecular flexibility index (Phi) is 7.34. The fourth-order valence-corrected chi connectivity index (χ4v) is 3.66. The predicted molar refractivity (Wildman–Crippen MR) is 114 cm³/mol. The van der Waals surface area contributed by atoms with Crippen LogP contribution < -0.4 is 16.0 Å². The number of anilines is 2. The van der Waals surface area contributed by atoms with Crippen molar-refractivity contribution < 1.29 is 14.0 Å². The van der Waals surface area contributed by atoms with Gasteiger partial charge in [0.05, 0.1) is 22.2 Å². The number of hydrogen-bond donors (Lipinski definition) is 3. The van der Waals surface area contributed by atoms with Crippen LogP contribution in [0.5, 0.6) is 0 Å². The highest BCUT2D eigenvalue weighted by atomic mass is 35.5. The number of benzene rings is 2. The standard InChI is InChI=1S/C21H22Cl2FN3O2/c22-17-8-6-14(10-16(17)21(29)27-13-4-2-1-3-5-13)25-12-20(28)26-15-7-9-19(24)18(23)11-15/h6-11,13,25H,1-5,12H2,(H,26,28)(H,27,29). The summed E-state index contributed by atoms with van der Waals surface area (Å²) < 4.78 is 13.2. The highest BCUT2D eigenvalue weighted by Crippen LogP contribution is 2.23. The maximum atomic E-state index is 13.2. The summed E-state index contributed by atoms with van der Waals surface area (Å²) in [7, 11) is 0. The molecule has 0 spiro atoms. The molecule has 1 aliphatic carbocycles. The third kappa shape index (κ3) is 6.08. The smallest absolute Gasteiger partial charge is 0.253 e. The largest absolute Gasteiger partial charge is 0.376 e. The van der Waals surface area contributed by atoms with Crippen molar-refractivity contribution in [2.45, 2.75) is 38.1 Å². The van der Waals surface area contributed by atoms with Gasteiger partial charge >= 0.3 is 0 Å². The summed E-state index contributed by atoms with van der Waals surface area (Å²) in [4.78, 5) is 24.7. The number of amides is 2. The molecule has 0 atom stereocenters. The van der Waals surface area contributed by atoms with Crippen molar-refractivity contribution in [1.82, 2.24) is 5.32 Å². The van der Waals surface area contributed by atoms with Gasteiger partial charge in [0.2, 0.25) is 5.91 Å². The van der Waals surface area contributed by atoms with Crippen molar-refractivity contribution in [3.05, 3.63) is 57.8 Å². The van der Waals surface area contributed by atoms with E-state index in [1.54, 1.807) is 18.2 Å². The minimum Gasteiger partial charge on any atom is -0.376 e. The number of hydrogen-bond acceptors (Lipinski definition) is 3. The third-order valence-corrected chi connectivity index (χ3v) is 5.43. The van der Waals surface area contributed by atoms with Crippen molar-refractivity contribution in [2.24, 2.45) is 0 Å². The molecule has 1 aliphatic rings. The van der Waals surface area contributed by atoms with E-state index in [9.17, 15) is 14.0 Å². The maximum Gasteiger partial charge on any atom is 0.253 e. The fraction of sp³-hybridized carbons (Fsp3) is 0.333. The second-order valence-electron chi connectivity index (χ2n) is 7.03. The molecule has 3 rings (SSSR count). The molecule has 0 bridgehead atoms. The first-order valence-corrected chi connectivity index (χ1v) is 10.3. The van der Waals surface area contributed by atoms with Gasteiger partial charge in [0.25, 0.3) is 5.91 Å². The first kappa shape index (κ1) is 21.4. The van der Waals surface area contributed by atoms with Crippen LogP contribution in [0.3, 0.4) is 0 Å². The molecule has 0 saturated heterocycles. The molecular weight excluding hydrogens is 416 g/mol. The molecule has 154 valence electrons. The van der Waals surface area contributed by atoms with Crippen LogP contribution in [0.2, 0.25) is 10.0 Å². The summed E-state index contributed by atoms with van der Waals surface area (Å²) >= 11 is 11.9. The van der Waals surface area contributed by atoms with Gasteiger partial charge in [-0.1, -0.05) is 42.5 Å². The van der Waals surface area contributed by atoms with Crippen LogP contribution in [0.1, 0.15) is 42.5 Å². The van der Waals surface area contributed by atoms with Gasteiger partial charge in [-0.25, -0.2) is 4.39 Å². The van der Waals surface area contributed by atoms with Crippen molar-refractivity contribution in [3.63, 3.8) is 0 Å². The van der Waals surface area contributed by atoms with Gasteiger partial charge in [-0.05, 0) is 49.2 Å². The Labute approximate surface area is 179 Å². The molecule has 2 aromatic carbocycles. The van der Waals surface area contributed by atoms with Gasteiger partial charge in [0, 0.05) is 17.4 Å². The van der Waals surface area contributed by atoms with E-state index < -0.39 is 5.82 Å². The first-order chi connectivity index (χ1) is 13.9. The number of nitrogens with one attached hydrogen (secondary N) is 3. The Balaban J connectivity index is 1.57. The normalized spacial score (nSPS) is 14.3. The van der Waals surface area contributed by atoms with E-state index in [-0.39, 0.29) is 29.4 Å². The van der Waals surface area contributed by atoms with E-state index in [2.05, 4.69) is 16.0 Å². The zero-order chi connectivity index (χ0) is 20.8. The van der Waals surface area contributed by atoms with Gasteiger partial charge in [-0.3, -0.25) is 9.59 Å². The van der Waals surface area contributed by atoms with Crippen LogP contribution in [-0.4, -0.2) is 24.4 Å². The van der Waals surface area contributed by atoms with Gasteiger partial charge < -0.3 is 16.0 Å². The highest BCUT2D eigenvalue weighted by molar-refractivity contribution is 6.34. The summed E-state index contributed by atoms with van der Waals surface area (Å²) in [5.74, 6) is -1.10. The summed E-state index contributed by atoms with van der Waals surface area (Å²) in [5.41, 5.74) is 1.36. The molecule has 0 aromatic heterocycles. The van der Waals surface area contributed by atoms with E-state index in [1.165, 1.54) is 24.6 Å². The van der Waals surface area contributed by atoms with Crippen LogP contribution in [0.25, 0.3) is 0 Å². The summed E-state index contributed by atoms with van der Waals surface area (Å²) in [6.07, 6.45) is 5.41. The Bertz CT molecular complexity index is 901. The molecule has 1 saturated carbocycles. The van der Waals surface area contributed by atoms with Crippen LogP contribution in [0, 0.1) is 5.82 Å². The van der Waals surface area contributed by atoms with Crippen molar-refractivity contribution in [2.75, 3.05) is 17.2 Å². The Morgan fingerprint density at radius 2 is 1.69 bits per heavy atom. The van der Waals surface area contributed by atoms with E-state index >= 15 is 0 Å². The minimum atomic E-state index is -0.553. The van der Waals surface area contributed by atoms with Gasteiger partial charge in [-0.15, -0.1) is 0 Å². The lowest BCUT2D eigenvalue weighted by atomic mass is 9.95. The number of halogens is 3. The lowest BCUT2D eigenvalue weighted by Gasteiger charge is -2.23. The van der Waals surface area contributed by atoms with Gasteiger partial charge in [0.1, 0.15) is 5.82 Å². The molecule has 3 N–H and O–H groups in total. The molecule has 0 radical (unpaired) electrons. The molecule has 5 nitrogen and oxygen atoms in total. The second-order valence-corrected chi connectivity index (χ2v) is 7.85. The van der Waals surface area contributed by atoms with Gasteiger partial charge in [-0.2, -0.15) is 0 Å². The molecule has 2 aromatic rings. The fourth-order valence-electron chi connectivity index (χ4n) is 3.28. The Hall–Kier alpha value is -2.31. The van der Waals surface area contributed by atoms with E-state index in [0.29, 0.717) is 22.0 Å². The minimum absolute atomic E-state index is 0.0414. The number of carbonyl (C=O) groups is 2. The lowest BCUT2D eigenvalue weighted by Crippen LogP contribution is -2.36. The highest BCUT2D eigenvalue weighted by Gasteiger charge is 2.18. The number of rotatable bonds is 6. The molecule has 2 amide bonds. The molecule has 8 heteroatoms. The van der Waals surface area contributed by atoms with Crippen LogP contribution >= 0.6 is 23.2 Å². The molecule has 0 heterocycles. The van der Waals surface area contributed by atoms with Crippen molar-refractivity contribution in [1.29, 1.82) is 0 Å². The first-order valence-electron chi connectivity index (χ1n) is 9.51. The van der Waals surface area contributed by atoms with Crippen LogP contribution in [0.4, 0.5) is 15.8 Å². The molecule has 1 fully saturated rings. The van der Waals surface area contributed by atoms with E-state index in [1.807, 2.05) is 0 Å². The summed E-state index contributed by atoms with van der Waals surface area (Å²) in [5, 5.41) is 8.91. The second kappa shape index (κ2) is 9.94. The van der Waals surface area contributed by atoms with E-state index in [0.717, 1.165) is 25.7 Å². The zero-order valence-corrected chi connectivity index (χ0v) is 17.2. The Morgan fingerprint density at radius 1 is 0.966 bits per heavy atom. The zero-order valence-electron chi connectivity index (χ0n) is 15.7. The Morgan fingerprint density at radius 3 is 2.41 bits per heavy atom. The molecule has 0 aliphatic heterocycles. The summed E-state index contributed by atoms with van der Waals surface area (Å²) in [6.45, 7) is -0.0414. The average molecular weight is 438 g/mol. The van der Waals surface area contributed by atoms with Gasteiger partial charge in [0.15, 0.2) is 0 Å². The van der Waals surface area contributed by atoms with Crippen LogP contribution in [0.15, 0.2) is 36.4 Å². The summed E-state index contributed by atoms with van der Waals surface area (Å²) in [6, 6.07) is 9.07. The van der Waals surface area contributed by atoms with Crippen molar-refractivity contribution >= 4 is 46.4 Å². The topological polar surface area (TPSA) is 70.2 Å². The molecular formula is C21H22Cl2FN3O2. The monoisotopic (exact) mass is 437 g/mol. The third-order valence-electron chi connectivity index (χ3n) is 4.81. The van der Waals surface area contributed by atoms with E-state index in [4.69, 9.17) is 23.2 Å². The SMILES string of the molecule is O=C(CNc1ccc(Cl)c(C(=O)NC2CCCCC2)c1)Nc1ccc(F)c(Cl)c1. The number of carbonyl (C=O) groups excluding carboxylic acids is 2. The quantitative estimate of drug-likeness (QED) is 0.577. The lowest BCUT2D eigenvalue weighted by molar-refractivity contribution is -0.114. The molecule has 0 unspecified atom stereocenters.